The summed E-state index contributed by atoms with van der Waals surface area (Å²) in [7, 11) is 0. The Labute approximate surface area is 245 Å². The highest BCUT2D eigenvalue weighted by atomic mass is 16.5. The van der Waals surface area contributed by atoms with Crippen LogP contribution in [0.25, 0.3) is 0 Å². The van der Waals surface area contributed by atoms with Crippen LogP contribution in [0.3, 0.4) is 0 Å². The van der Waals surface area contributed by atoms with Crippen molar-refractivity contribution in [3.05, 3.63) is 35.9 Å². The lowest BCUT2D eigenvalue weighted by Gasteiger charge is -2.62. The SMILES string of the molecule is CC(=O)CC[C@H]1O[C@H]2C[C@H]3[C@@H]4CC[C@H]5C[C@@H](OC(C)=O)CC[C@]5(C)[C@H]4C[C@@H](OC(=O)c4ccccc4)[C@]3(C)[C@H]2[C@@H]1C. The number of ether oxygens (including phenoxy) is 3. The standard InChI is InChI=1S/C35H48O6/c1-20(36)11-14-29-21(2)32-30(40-29)18-28-26-13-12-24-17-25(39-22(3)37)15-16-34(24,4)27(26)19-31(35(28,32)5)41-33(38)23-9-7-6-8-10-23/h6-10,21,24-32H,11-19H2,1-5H3/t21-,24+,25+,26-,27+,28+,29-,30+,31-,32+,34+,35-/m1/s1. The highest BCUT2D eigenvalue weighted by Crippen LogP contribution is 2.70. The zero-order valence-corrected chi connectivity index (χ0v) is 25.5. The van der Waals surface area contributed by atoms with Gasteiger partial charge in [0.2, 0.25) is 0 Å². The number of hydrogen-bond donors (Lipinski definition) is 0. The van der Waals surface area contributed by atoms with Crippen LogP contribution in [0.4, 0.5) is 0 Å². The fourth-order valence-corrected chi connectivity index (χ4v) is 10.8. The minimum absolute atomic E-state index is 0.0229. The topological polar surface area (TPSA) is 78.9 Å². The molecule has 224 valence electrons. The normalized spacial score (nSPS) is 44.6. The maximum Gasteiger partial charge on any atom is 0.338 e. The predicted molar refractivity (Wildman–Crippen MR) is 155 cm³/mol. The number of carbonyl (C=O) groups is 3. The molecule has 41 heavy (non-hydrogen) atoms. The van der Waals surface area contributed by atoms with Gasteiger partial charge in [-0.2, -0.15) is 0 Å². The smallest absolute Gasteiger partial charge is 0.338 e. The van der Waals surface area contributed by atoms with Crippen LogP contribution in [0.15, 0.2) is 30.3 Å². The summed E-state index contributed by atoms with van der Waals surface area (Å²) in [6.45, 7) is 10.4. The van der Waals surface area contributed by atoms with Crippen molar-refractivity contribution in [2.24, 2.45) is 46.3 Å². The first-order valence-electron chi connectivity index (χ1n) is 16.1. The first-order valence-corrected chi connectivity index (χ1v) is 16.1. The van der Waals surface area contributed by atoms with Gasteiger partial charge in [-0.1, -0.05) is 39.0 Å². The molecule has 0 amide bonds. The minimum Gasteiger partial charge on any atom is -0.463 e. The number of ketones is 1. The van der Waals surface area contributed by atoms with Crippen LogP contribution >= 0.6 is 0 Å². The second-order valence-corrected chi connectivity index (χ2v) is 14.6. The maximum absolute atomic E-state index is 13.6. The first kappa shape index (κ1) is 28.9. The average molecular weight is 565 g/mol. The van der Waals surface area contributed by atoms with Gasteiger partial charge in [-0.05, 0) is 111 Å². The van der Waals surface area contributed by atoms with Gasteiger partial charge in [-0.3, -0.25) is 4.79 Å². The molecule has 6 nitrogen and oxygen atoms in total. The van der Waals surface area contributed by atoms with Crippen LogP contribution in [0.2, 0.25) is 0 Å². The largest absolute Gasteiger partial charge is 0.463 e. The number of rotatable bonds is 6. The summed E-state index contributed by atoms with van der Waals surface area (Å²) in [5.41, 5.74) is 0.583. The Kier molecular flexibility index (Phi) is 7.62. The molecule has 0 aromatic heterocycles. The van der Waals surface area contributed by atoms with Crippen molar-refractivity contribution in [2.75, 3.05) is 0 Å². The third kappa shape index (κ3) is 4.86. The Morgan fingerprint density at radius 2 is 1.71 bits per heavy atom. The molecule has 0 radical (unpaired) electrons. The van der Waals surface area contributed by atoms with Gasteiger partial charge in [0.15, 0.2) is 0 Å². The van der Waals surface area contributed by atoms with Crippen LogP contribution in [0.5, 0.6) is 0 Å². The monoisotopic (exact) mass is 564 g/mol. The van der Waals surface area contributed by atoms with Crippen LogP contribution in [-0.4, -0.2) is 42.1 Å². The van der Waals surface area contributed by atoms with Crippen LogP contribution in [-0.2, 0) is 23.8 Å². The Balaban J connectivity index is 1.31. The molecule has 1 aromatic rings. The van der Waals surface area contributed by atoms with Crippen LogP contribution < -0.4 is 0 Å². The third-order valence-corrected chi connectivity index (χ3v) is 12.7. The van der Waals surface area contributed by atoms with Gasteiger partial charge < -0.3 is 19.0 Å². The van der Waals surface area contributed by atoms with Crippen molar-refractivity contribution in [3.8, 4) is 0 Å². The van der Waals surface area contributed by atoms with Gasteiger partial charge in [0, 0.05) is 18.8 Å². The van der Waals surface area contributed by atoms with E-state index in [1.165, 1.54) is 19.8 Å². The lowest BCUT2D eigenvalue weighted by atomic mass is 9.43. The summed E-state index contributed by atoms with van der Waals surface area (Å²) in [5.74, 6) is 2.43. The molecular formula is C35H48O6. The molecule has 1 heterocycles. The van der Waals surface area contributed by atoms with E-state index < -0.39 is 0 Å². The van der Waals surface area contributed by atoms with Crippen molar-refractivity contribution >= 4 is 17.7 Å². The molecule has 0 bridgehead atoms. The zero-order valence-electron chi connectivity index (χ0n) is 25.5. The second-order valence-electron chi connectivity index (χ2n) is 14.6. The van der Waals surface area contributed by atoms with E-state index in [4.69, 9.17) is 14.2 Å². The molecule has 4 aliphatic carbocycles. The van der Waals surface area contributed by atoms with Gasteiger partial charge in [-0.25, -0.2) is 4.79 Å². The molecule has 1 aromatic carbocycles. The van der Waals surface area contributed by atoms with Crippen molar-refractivity contribution in [1.29, 1.82) is 0 Å². The predicted octanol–water partition coefficient (Wildman–Crippen LogP) is 6.80. The molecule has 0 spiro atoms. The number of carbonyl (C=O) groups excluding carboxylic acids is 3. The summed E-state index contributed by atoms with van der Waals surface area (Å²) in [5, 5.41) is 0. The molecule has 1 aliphatic heterocycles. The fourth-order valence-electron chi connectivity index (χ4n) is 10.8. The van der Waals surface area contributed by atoms with Gasteiger partial charge in [0.25, 0.3) is 0 Å². The van der Waals surface area contributed by atoms with Gasteiger partial charge in [0.05, 0.1) is 17.8 Å². The Morgan fingerprint density at radius 3 is 2.41 bits per heavy atom. The third-order valence-electron chi connectivity index (χ3n) is 12.7. The van der Waals surface area contributed by atoms with E-state index in [1.807, 2.05) is 30.3 Å². The van der Waals surface area contributed by atoms with E-state index in [0.29, 0.717) is 47.5 Å². The minimum atomic E-state index is -0.228. The number of fused-ring (bicyclic) bond motifs is 7. The molecule has 5 aliphatic rings. The molecule has 6 rings (SSSR count). The molecule has 0 N–H and O–H groups in total. The van der Waals surface area contributed by atoms with Crippen molar-refractivity contribution in [3.63, 3.8) is 0 Å². The molecule has 6 heteroatoms. The summed E-state index contributed by atoms with van der Waals surface area (Å²) >= 11 is 0. The fraction of sp³-hybridized carbons (Fsp3) is 0.743. The summed E-state index contributed by atoms with van der Waals surface area (Å²) in [4.78, 5) is 37.1. The first-order chi connectivity index (χ1) is 19.5. The Hall–Kier alpha value is -2.21. The number of benzene rings is 1. The molecule has 12 atom stereocenters. The zero-order chi connectivity index (χ0) is 29.1. The van der Waals surface area contributed by atoms with Crippen molar-refractivity contribution in [1.82, 2.24) is 0 Å². The molecule has 0 unspecified atom stereocenters. The average Bonchev–Trinajstić information content (AvgIpc) is 3.41. The summed E-state index contributed by atoms with van der Waals surface area (Å²) in [6, 6.07) is 9.40. The van der Waals surface area contributed by atoms with Crippen LogP contribution in [0, 0.1) is 46.3 Å². The number of Topliss-reactive ketones (excluding diaryl/α,β-unsaturated/α-hetero) is 1. The molecule has 5 fully saturated rings. The highest BCUT2D eigenvalue weighted by molar-refractivity contribution is 5.89. The molecule has 4 saturated carbocycles. The molecular weight excluding hydrogens is 516 g/mol. The van der Waals surface area contributed by atoms with Crippen LogP contribution in [0.1, 0.15) is 103 Å². The molecule has 1 saturated heterocycles. The van der Waals surface area contributed by atoms with E-state index in [0.717, 1.165) is 38.5 Å². The quantitative estimate of drug-likeness (QED) is 0.354. The maximum atomic E-state index is 13.6. The van der Waals surface area contributed by atoms with E-state index in [9.17, 15) is 14.4 Å². The number of esters is 2. The Morgan fingerprint density at radius 1 is 0.951 bits per heavy atom. The van der Waals surface area contributed by atoms with Gasteiger partial charge in [-0.15, -0.1) is 0 Å². The second kappa shape index (κ2) is 10.8. The number of hydrogen-bond acceptors (Lipinski definition) is 6. The lowest BCUT2D eigenvalue weighted by Crippen LogP contribution is -2.60. The van der Waals surface area contributed by atoms with E-state index in [2.05, 4.69) is 20.8 Å². The van der Waals surface area contributed by atoms with Crippen molar-refractivity contribution < 1.29 is 28.6 Å². The Bertz CT molecular complexity index is 1160. The van der Waals surface area contributed by atoms with Gasteiger partial charge in [0.1, 0.15) is 18.0 Å². The van der Waals surface area contributed by atoms with E-state index in [-0.39, 0.29) is 53.0 Å². The van der Waals surface area contributed by atoms with Gasteiger partial charge >= 0.3 is 11.9 Å². The van der Waals surface area contributed by atoms with Crippen molar-refractivity contribution in [2.45, 2.75) is 117 Å². The highest BCUT2D eigenvalue weighted by Gasteiger charge is 2.69. The summed E-state index contributed by atoms with van der Waals surface area (Å²) in [6.07, 6.45) is 8.55. The lowest BCUT2D eigenvalue weighted by molar-refractivity contribution is -0.181. The summed E-state index contributed by atoms with van der Waals surface area (Å²) < 4.78 is 19.1. The van der Waals surface area contributed by atoms with E-state index in [1.54, 1.807) is 6.92 Å². The van der Waals surface area contributed by atoms with E-state index >= 15 is 0 Å².